The summed E-state index contributed by atoms with van der Waals surface area (Å²) in [7, 11) is 0. The number of β-amino-alcohol motifs (C(OH)–C–C–N with tert-alkyl or cyclic N) is 1. The van der Waals surface area contributed by atoms with Gasteiger partial charge in [0.25, 0.3) is 5.91 Å². The number of aromatic amines is 1. The van der Waals surface area contributed by atoms with Gasteiger partial charge >= 0.3 is 0 Å². The van der Waals surface area contributed by atoms with Crippen molar-refractivity contribution in [1.29, 1.82) is 0 Å². The number of phenolic OH excluding ortho intramolecular Hbond substituents is 2. The second-order valence-corrected chi connectivity index (χ2v) is 6.66. The van der Waals surface area contributed by atoms with Crippen LogP contribution in [0.2, 0.25) is 0 Å². The lowest BCUT2D eigenvalue weighted by molar-refractivity contribution is 0.0706. The number of aromatic hydroxyl groups is 2. The Morgan fingerprint density at radius 2 is 1.97 bits per heavy atom. The van der Waals surface area contributed by atoms with E-state index in [4.69, 9.17) is 4.74 Å². The van der Waals surface area contributed by atoms with Crippen LogP contribution in [0.3, 0.4) is 0 Å². The van der Waals surface area contributed by atoms with E-state index in [2.05, 4.69) is 10.2 Å². The minimum Gasteiger partial charge on any atom is -0.507 e. The average molecular weight is 395 g/mol. The van der Waals surface area contributed by atoms with Crippen molar-refractivity contribution < 1.29 is 24.9 Å². The summed E-state index contributed by atoms with van der Waals surface area (Å²) in [5.41, 5.74) is 2.58. The number of fused-ring (bicyclic) bond motifs is 1. The molecule has 150 valence electrons. The number of rotatable bonds is 6. The van der Waals surface area contributed by atoms with E-state index in [1.165, 1.54) is 11.0 Å². The molecule has 1 aromatic heterocycles. The first-order valence-electron chi connectivity index (χ1n) is 9.31. The van der Waals surface area contributed by atoms with Crippen molar-refractivity contribution in [3.63, 3.8) is 0 Å². The first-order chi connectivity index (χ1) is 14.1. The first kappa shape index (κ1) is 18.8. The van der Waals surface area contributed by atoms with Gasteiger partial charge in [0.15, 0.2) is 11.5 Å². The maximum atomic E-state index is 13.0. The molecule has 4 N–H and O–H groups in total. The standard InChI is InChI=1S/C21H21N3O5/c1-2-29-16-11-12(7-8-15(16)27)20-17-18(13-5-3-4-6-14(13)26)22-23-19(17)21(28)24(20)9-10-25/h3-8,11,20,25-27H,2,9-10H2,1H3,(H,22,23)/t20-/m1/s1. The van der Waals surface area contributed by atoms with Crippen LogP contribution in [0.25, 0.3) is 11.3 Å². The number of aliphatic hydroxyl groups is 1. The van der Waals surface area contributed by atoms with Gasteiger partial charge in [0, 0.05) is 17.7 Å². The number of benzene rings is 2. The van der Waals surface area contributed by atoms with Crippen LogP contribution in [-0.2, 0) is 0 Å². The molecule has 8 nitrogen and oxygen atoms in total. The molecule has 2 heterocycles. The fourth-order valence-corrected chi connectivity index (χ4v) is 3.73. The van der Waals surface area contributed by atoms with Gasteiger partial charge in [-0.05, 0) is 36.8 Å². The van der Waals surface area contributed by atoms with Crippen LogP contribution >= 0.6 is 0 Å². The monoisotopic (exact) mass is 395 g/mol. The zero-order valence-electron chi connectivity index (χ0n) is 15.8. The fourth-order valence-electron chi connectivity index (χ4n) is 3.73. The highest BCUT2D eigenvalue weighted by Gasteiger charge is 2.42. The maximum absolute atomic E-state index is 13.0. The van der Waals surface area contributed by atoms with E-state index in [0.717, 1.165) is 0 Å². The van der Waals surface area contributed by atoms with Crippen molar-refractivity contribution in [3.8, 4) is 28.5 Å². The SMILES string of the molecule is CCOc1cc([C@@H]2c3c(-c4ccccc4O)n[nH]c3C(=O)N2CCO)ccc1O. The molecule has 0 radical (unpaired) electrons. The Balaban J connectivity index is 1.90. The Labute approximate surface area is 167 Å². The van der Waals surface area contributed by atoms with Gasteiger partial charge in [-0.2, -0.15) is 5.10 Å². The maximum Gasteiger partial charge on any atom is 0.273 e. The van der Waals surface area contributed by atoms with E-state index in [9.17, 15) is 20.1 Å². The molecule has 1 amide bonds. The highest BCUT2D eigenvalue weighted by molar-refractivity contribution is 6.00. The summed E-state index contributed by atoms with van der Waals surface area (Å²) in [6, 6.07) is 11.1. The van der Waals surface area contributed by atoms with Crippen LogP contribution in [-0.4, -0.2) is 56.1 Å². The van der Waals surface area contributed by atoms with Crippen LogP contribution in [0.1, 0.15) is 34.6 Å². The molecule has 0 aliphatic carbocycles. The largest absolute Gasteiger partial charge is 0.507 e. The Bertz CT molecular complexity index is 1060. The van der Waals surface area contributed by atoms with Gasteiger partial charge < -0.3 is 25.0 Å². The highest BCUT2D eigenvalue weighted by Crippen LogP contribution is 2.45. The first-order valence-corrected chi connectivity index (χ1v) is 9.31. The fraction of sp³-hybridized carbons (Fsp3) is 0.238. The molecular formula is C21H21N3O5. The molecular weight excluding hydrogens is 374 g/mol. The van der Waals surface area contributed by atoms with Crippen molar-refractivity contribution in [2.24, 2.45) is 0 Å². The summed E-state index contributed by atoms with van der Waals surface area (Å²) in [4.78, 5) is 14.5. The molecule has 0 unspecified atom stereocenters. The third-order valence-electron chi connectivity index (χ3n) is 4.96. The van der Waals surface area contributed by atoms with Crippen LogP contribution in [0, 0.1) is 0 Å². The Hall–Kier alpha value is -3.52. The Kier molecular flexibility index (Phi) is 4.85. The van der Waals surface area contributed by atoms with E-state index in [1.54, 1.807) is 36.4 Å². The minimum atomic E-state index is -0.558. The lowest BCUT2D eigenvalue weighted by atomic mass is 9.95. The van der Waals surface area contributed by atoms with Crippen molar-refractivity contribution in [2.45, 2.75) is 13.0 Å². The number of nitrogens with zero attached hydrogens (tertiary/aromatic N) is 2. The van der Waals surface area contributed by atoms with Gasteiger partial charge in [0.2, 0.25) is 0 Å². The second-order valence-electron chi connectivity index (χ2n) is 6.66. The van der Waals surface area contributed by atoms with E-state index in [1.807, 2.05) is 6.92 Å². The van der Waals surface area contributed by atoms with Crippen LogP contribution in [0.15, 0.2) is 42.5 Å². The molecule has 0 fully saturated rings. The zero-order chi connectivity index (χ0) is 20.5. The van der Waals surface area contributed by atoms with Gasteiger partial charge in [-0.25, -0.2) is 0 Å². The normalized spacial score (nSPS) is 15.6. The molecule has 0 saturated heterocycles. The highest BCUT2D eigenvalue weighted by atomic mass is 16.5. The summed E-state index contributed by atoms with van der Waals surface area (Å²) >= 11 is 0. The van der Waals surface area contributed by atoms with Crippen LogP contribution < -0.4 is 4.74 Å². The zero-order valence-corrected chi connectivity index (χ0v) is 15.8. The summed E-state index contributed by atoms with van der Waals surface area (Å²) < 4.78 is 5.50. The number of H-pyrrole nitrogens is 1. The van der Waals surface area contributed by atoms with Gasteiger partial charge in [0.05, 0.1) is 19.3 Å². The predicted molar refractivity (Wildman–Crippen MR) is 105 cm³/mol. The number of carbonyl (C=O) groups is 1. The number of aromatic nitrogens is 2. The molecule has 8 heteroatoms. The molecule has 1 aliphatic rings. The van der Waals surface area contributed by atoms with Crippen LogP contribution in [0.5, 0.6) is 17.2 Å². The number of aliphatic hydroxyl groups excluding tert-OH is 1. The second kappa shape index (κ2) is 7.48. The van der Waals surface area contributed by atoms with Crippen molar-refractivity contribution in [3.05, 3.63) is 59.3 Å². The minimum absolute atomic E-state index is 0.00183. The lowest BCUT2D eigenvalue weighted by Crippen LogP contribution is -2.32. The van der Waals surface area contributed by atoms with Gasteiger partial charge in [0.1, 0.15) is 17.1 Å². The molecule has 0 saturated carbocycles. The van der Waals surface area contributed by atoms with E-state index >= 15 is 0 Å². The van der Waals surface area contributed by atoms with Crippen molar-refractivity contribution in [1.82, 2.24) is 15.1 Å². The smallest absolute Gasteiger partial charge is 0.273 e. The van der Waals surface area contributed by atoms with Crippen molar-refractivity contribution in [2.75, 3.05) is 19.8 Å². The molecule has 29 heavy (non-hydrogen) atoms. The van der Waals surface area contributed by atoms with Gasteiger partial charge in [-0.3, -0.25) is 9.89 Å². The quantitative estimate of drug-likeness (QED) is 0.509. The van der Waals surface area contributed by atoms with E-state index < -0.39 is 6.04 Å². The number of amides is 1. The lowest BCUT2D eigenvalue weighted by Gasteiger charge is -2.26. The predicted octanol–water partition coefficient (Wildman–Crippen LogP) is 2.42. The summed E-state index contributed by atoms with van der Waals surface area (Å²) in [5, 5.41) is 37.0. The molecule has 3 aromatic rings. The van der Waals surface area contributed by atoms with E-state index in [-0.39, 0.29) is 30.6 Å². The molecule has 1 aliphatic heterocycles. The Morgan fingerprint density at radius 3 is 2.69 bits per heavy atom. The topological polar surface area (TPSA) is 119 Å². The number of ether oxygens (including phenoxy) is 1. The number of carbonyl (C=O) groups excluding carboxylic acids is 1. The average Bonchev–Trinajstić information content (AvgIpc) is 3.24. The third kappa shape index (κ3) is 3.07. The summed E-state index contributed by atoms with van der Waals surface area (Å²) in [5.74, 6) is 0.0676. The molecule has 0 bridgehead atoms. The van der Waals surface area contributed by atoms with E-state index in [0.29, 0.717) is 40.4 Å². The Morgan fingerprint density at radius 1 is 1.17 bits per heavy atom. The summed E-state index contributed by atoms with van der Waals surface area (Å²) in [6.45, 7) is 2.11. The van der Waals surface area contributed by atoms with Gasteiger partial charge in [-0.15, -0.1) is 0 Å². The summed E-state index contributed by atoms with van der Waals surface area (Å²) in [6.07, 6.45) is 0. The number of hydrogen-bond acceptors (Lipinski definition) is 6. The molecule has 4 rings (SSSR count). The molecule has 1 atom stereocenters. The number of hydrogen-bond donors (Lipinski definition) is 4. The van der Waals surface area contributed by atoms with Gasteiger partial charge in [-0.1, -0.05) is 18.2 Å². The number of nitrogens with one attached hydrogen (secondary N) is 1. The molecule has 0 spiro atoms. The molecule has 2 aromatic carbocycles. The van der Waals surface area contributed by atoms with Crippen molar-refractivity contribution >= 4 is 5.91 Å². The number of para-hydroxylation sites is 1. The van der Waals surface area contributed by atoms with Crippen LogP contribution in [0.4, 0.5) is 0 Å². The third-order valence-corrected chi connectivity index (χ3v) is 4.96. The number of phenols is 2.